The van der Waals surface area contributed by atoms with Crippen LogP contribution in [0, 0.1) is 13.8 Å². The van der Waals surface area contributed by atoms with Gasteiger partial charge in [0.05, 0.1) is 5.52 Å². The molecular formula is C16H24N2O. The highest BCUT2D eigenvalue weighted by Gasteiger charge is 2.11. The van der Waals surface area contributed by atoms with Gasteiger partial charge in [-0.2, -0.15) is 0 Å². The Morgan fingerprint density at radius 3 is 2.68 bits per heavy atom. The van der Waals surface area contributed by atoms with E-state index in [0.29, 0.717) is 0 Å². The van der Waals surface area contributed by atoms with Crippen LogP contribution in [-0.2, 0) is 13.0 Å². The molecule has 1 heterocycles. The molecule has 0 amide bonds. The molecule has 3 nitrogen and oxygen atoms in total. The van der Waals surface area contributed by atoms with Crippen molar-refractivity contribution in [2.24, 2.45) is 5.73 Å². The van der Waals surface area contributed by atoms with Gasteiger partial charge in [0, 0.05) is 24.7 Å². The number of benzene rings is 1. The van der Waals surface area contributed by atoms with E-state index >= 15 is 0 Å². The number of aryl methyl sites for hydroxylation is 4. The Hall–Kier alpha value is -1.32. The highest BCUT2D eigenvalue weighted by atomic mass is 16.3. The first-order valence-corrected chi connectivity index (χ1v) is 7.07. The van der Waals surface area contributed by atoms with Crippen molar-refractivity contribution in [3.05, 3.63) is 35.0 Å². The Morgan fingerprint density at radius 2 is 2.00 bits per heavy atom. The lowest BCUT2D eigenvalue weighted by molar-refractivity contribution is 0.280. The van der Waals surface area contributed by atoms with E-state index in [0.717, 1.165) is 32.4 Å². The SMILES string of the molecule is Cc1cc(C)c2c(c1)c(CCCN)cn2CCCO. The Balaban J connectivity index is 2.49. The van der Waals surface area contributed by atoms with Crippen LogP contribution in [0.1, 0.15) is 29.5 Å². The fourth-order valence-electron chi connectivity index (χ4n) is 2.82. The van der Waals surface area contributed by atoms with Crippen molar-refractivity contribution in [3.8, 4) is 0 Å². The summed E-state index contributed by atoms with van der Waals surface area (Å²) < 4.78 is 2.28. The molecule has 3 N–H and O–H groups in total. The number of nitrogens with zero attached hydrogens (tertiary/aromatic N) is 1. The summed E-state index contributed by atoms with van der Waals surface area (Å²) in [6, 6.07) is 4.49. The largest absolute Gasteiger partial charge is 0.396 e. The Morgan fingerprint density at radius 1 is 1.21 bits per heavy atom. The maximum Gasteiger partial charge on any atom is 0.0513 e. The van der Waals surface area contributed by atoms with Crippen molar-refractivity contribution in [1.29, 1.82) is 0 Å². The summed E-state index contributed by atoms with van der Waals surface area (Å²) in [5, 5.41) is 10.4. The van der Waals surface area contributed by atoms with Crippen LogP contribution in [0.25, 0.3) is 10.9 Å². The maximum absolute atomic E-state index is 9.03. The van der Waals surface area contributed by atoms with Crippen molar-refractivity contribution < 1.29 is 5.11 Å². The van der Waals surface area contributed by atoms with Crippen LogP contribution in [-0.4, -0.2) is 22.8 Å². The summed E-state index contributed by atoms with van der Waals surface area (Å²) in [6.07, 6.45) is 5.09. The average Bonchev–Trinajstić information content (AvgIpc) is 2.72. The zero-order valence-electron chi connectivity index (χ0n) is 11.9. The first-order valence-electron chi connectivity index (χ1n) is 7.07. The highest BCUT2D eigenvalue weighted by Crippen LogP contribution is 2.27. The first-order chi connectivity index (χ1) is 9.17. The van der Waals surface area contributed by atoms with Gasteiger partial charge in [0.1, 0.15) is 0 Å². The zero-order chi connectivity index (χ0) is 13.8. The summed E-state index contributed by atoms with van der Waals surface area (Å²) in [4.78, 5) is 0. The van der Waals surface area contributed by atoms with Gasteiger partial charge in [0.15, 0.2) is 0 Å². The molecule has 0 saturated carbocycles. The number of hydrogen-bond acceptors (Lipinski definition) is 2. The summed E-state index contributed by atoms with van der Waals surface area (Å²) in [5.41, 5.74) is 10.9. The topological polar surface area (TPSA) is 51.2 Å². The first kappa shape index (κ1) is 14.1. The molecule has 0 atom stereocenters. The van der Waals surface area contributed by atoms with Crippen LogP contribution in [0.5, 0.6) is 0 Å². The third-order valence-electron chi connectivity index (χ3n) is 3.60. The van der Waals surface area contributed by atoms with E-state index in [-0.39, 0.29) is 6.61 Å². The molecule has 2 rings (SSSR count). The van der Waals surface area contributed by atoms with E-state index in [1.54, 1.807) is 0 Å². The van der Waals surface area contributed by atoms with Gasteiger partial charge in [0.2, 0.25) is 0 Å². The van der Waals surface area contributed by atoms with Crippen molar-refractivity contribution in [1.82, 2.24) is 4.57 Å². The molecule has 104 valence electrons. The molecular weight excluding hydrogens is 236 g/mol. The minimum Gasteiger partial charge on any atom is -0.396 e. The third-order valence-corrected chi connectivity index (χ3v) is 3.60. The monoisotopic (exact) mass is 260 g/mol. The molecule has 0 radical (unpaired) electrons. The summed E-state index contributed by atoms with van der Waals surface area (Å²) in [5.74, 6) is 0. The molecule has 0 saturated heterocycles. The fourth-order valence-corrected chi connectivity index (χ4v) is 2.82. The lowest BCUT2D eigenvalue weighted by atomic mass is 10.0. The van der Waals surface area contributed by atoms with Crippen LogP contribution in [0.3, 0.4) is 0 Å². The maximum atomic E-state index is 9.03. The van der Waals surface area contributed by atoms with Gasteiger partial charge >= 0.3 is 0 Å². The second kappa shape index (κ2) is 6.22. The Labute approximate surface area is 115 Å². The molecule has 0 aliphatic rings. The van der Waals surface area contributed by atoms with Gasteiger partial charge in [-0.1, -0.05) is 11.6 Å². The zero-order valence-corrected chi connectivity index (χ0v) is 11.9. The molecule has 0 bridgehead atoms. The Bertz CT molecular complexity index is 557. The Kier molecular flexibility index (Phi) is 4.61. The quantitative estimate of drug-likeness (QED) is 0.838. The molecule has 0 aliphatic carbocycles. The van der Waals surface area contributed by atoms with Crippen LogP contribution < -0.4 is 5.73 Å². The number of rotatable bonds is 6. The van der Waals surface area contributed by atoms with Crippen molar-refractivity contribution in [2.75, 3.05) is 13.2 Å². The normalized spacial score (nSPS) is 11.4. The van der Waals surface area contributed by atoms with Gasteiger partial charge in [-0.25, -0.2) is 0 Å². The summed E-state index contributed by atoms with van der Waals surface area (Å²) >= 11 is 0. The van der Waals surface area contributed by atoms with E-state index in [4.69, 9.17) is 10.8 Å². The lowest BCUT2D eigenvalue weighted by Gasteiger charge is -2.07. The number of fused-ring (bicyclic) bond motifs is 1. The molecule has 0 spiro atoms. The van der Waals surface area contributed by atoms with E-state index < -0.39 is 0 Å². The fraction of sp³-hybridized carbons (Fsp3) is 0.500. The molecule has 0 unspecified atom stereocenters. The number of aliphatic hydroxyl groups is 1. The molecule has 1 aromatic heterocycles. The van der Waals surface area contributed by atoms with Crippen LogP contribution in [0.4, 0.5) is 0 Å². The standard InChI is InChI=1S/C16H24N2O/c1-12-9-13(2)16-15(10-12)14(5-3-6-17)11-18(16)7-4-8-19/h9-11,19H,3-8,17H2,1-2H3. The van der Waals surface area contributed by atoms with Crippen LogP contribution >= 0.6 is 0 Å². The number of nitrogens with two attached hydrogens (primary N) is 1. The minimum absolute atomic E-state index is 0.239. The molecule has 1 aromatic carbocycles. The lowest BCUT2D eigenvalue weighted by Crippen LogP contribution is -2.00. The molecule has 19 heavy (non-hydrogen) atoms. The number of hydrogen-bond donors (Lipinski definition) is 2. The second-order valence-corrected chi connectivity index (χ2v) is 5.30. The molecule has 0 fully saturated rings. The van der Waals surface area contributed by atoms with E-state index in [9.17, 15) is 0 Å². The average molecular weight is 260 g/mol. The minimum atomic E-state index is 0.239. The van der Waals surface area contributed by atoms with E-state index in [2.05, 4.69) is 36.7 Å². The number of aliphatic hydroxyl groups excluding tert-OH is 1. The van der Waals surface area contributed by atoms with Gasteiger partial charge in [-0.15, -0.1) is 0 Å². The van der Waals surface area contributed by atoms with Crippen molar-refractivity contribution in [2.45, 2.75) is 39.7 Å². The van der Waals surface area contributed by atoms with E-state index in [1.807, 2.05) is 0 Å². The molecule has 2 aromatic rings. The predicted molar refractivity (Wildman–Crippen MR) is 80.5 cm³/mol. The van der Waals surface area contributed by atoms with Gasteiger partial charge < -0.3 is 15.4 Å². The van der Waals surface area contributed by atoms with Crippen LogP contribution in [0.2, 0.25) is 0 Å². The summed E-state index contributed by atoms with van der Waals surface area (Å²) in [7, 11) is 0. The van der Waals surface area contributed by atoms with Gasteiger partial charge in [0.25, 0.3) is 0 Å². The van der Waals surface area contributed by atoms with Crippen molar-refractivity contribution >= 4 is 10.9 Å². The number of aromatic nitrogens is 1. The molecule has 0 aliphatic heterocycles. The predicted octanol–water partition coefficient (Wildman–Crippen LogP) is 2.53. The highest BCUT2D eigenvalue weighted by molar-refractivity contribution is 5.87. The summed E-state index contributed by atoms with van der Waals surface area (Å²) in [6.45, 7) is 6.15. The van der Waals surface area contributed by atoms with Gasteiger partial charge in [-0.05, 0) is 56.8 Å². The smallest absolute Gasteiger partial charge is 0.0513 e. The van der Waals surface area contributed by atoms with E-state index in [1.165, 1.54) is 27.6 Å². The second-order valence-electron chi connectivity index (χ2n) is 5.30. The molecule has 3 heteroatoms. The van der Waals surface area contributed by atoms with Crippen molar-refractivity contribution in [3.63, 3.8) is 0 Å². The third kappa shape index (κ3) is 2.99. The van der Waals surface area contributed by atoms with Crippen LogP contribution in [0.15, 0.2) is 18.3 Å². The van der Waals surface area contributed by atoms with Gasteiger partial charge in [-0.3, -0.25) is 0 Å².